The molecule has 0 saturated heterocycles. The number of fused-ring (bicyclic) bond motifs is 4. The summed E-state index contributed by atoms with van der Waals surface area (Å²) in [7, 11) is 1.42. The van der Waals surface area contributed by atoms with Crippen LogP contribution in [0.1, 0.15) is 48.1 Å². The van der Waals surface area contributed by atoms with Crippen LogP contribution in [0.3, 0.4) is 0 Å². The standard InChI is InChI=1S/C40H35F2N5O2/c1-49-39(48)35-26-19-17-25(18-20-26)31(35)22-34-33(42)24-43-37(45-34)36-32-21-30(41)23-44-38(32)47(46-36)40(27-11-5-2-6-12-27,28-13-7-3-8-14-28)29-15-9-4-10-16-29/h2-16,21,23-26,31,35H,17-20,22H2,1H3/t25?,26?,31?,35-/m0/s1. The molecule has 0 N–H and O–H groups in total. The smallest absolute Gasteiger partial charge is 0.309 e. The lowest BCUT2D eigenvalue weighted by Crippen LogP contribution is -2.45. The van der Waals surface area contributed by atoms with Crippen LogP contribution < -0.4 is 0 Å². The van der Waals surface area contributed by atoms with Gasteiger partial charge in [-0.25, -0.2) is 28.4 Å². The van der Waals surface area contributed by atoms with Crippen LogP contribution in [-0.4, -0.2) is 37.8 Å². The number of hydrogen-bond acceptors (Lipinski definition) is 6. The van der Waals surface area contributed by atoms with E-state index < -0.39 is 17.2 Å². The van der Waals surface area contributed by atoms with Gasteiger partial charge in [0.2, 0.25) is 0 Å². The van der Waals surface area contributed by atoms with Gasteiger partial charge in [0, 0.05) is 0 Å². The lowest BCUT2D eigenvalue weighted by Gasteiger charge is -2.47. The predicted octanol–water partition coefficient (Wildman–Crippen LogP) is 7.77. The van der Waals surface area contributed by atoms with E-state index in [1.165, 1.54) is 19.4 Å². The molecule has 2 bridgehead atoms. The number of esters is 1. The number of carbonyl (C=O) groups is 1. The van der Waals surface area contributed by atoms with E-state index in [1.807, 2.05) is 95.7 Å². The van der Waals surface area contributed by atoms with Crippen LogP contribution in [0.15, 0.2) is 109 Å². The van der Waals surface area contributed by atoms with Gasteiger partial charge in [0.25, 0.3) is 0 Å². The van der Waals surface area contributed by atoms with Gasteiger partial charge in [-0.1, -0.05) is 91.0 Å². The van der Waals surface area contributed by atoms with Crippen LogP contribution in [0.5, 0.6) is 0 Å². The van der Waals surface area contributed by atoms with Crippen LogP contribution in [0.4, 0.5) is 8.78 Å². The molecule has 3 aromatic carbocycles. The summed E-state index contributed by atoms with van der Waals surface area (Å²) in [6, 6.07) is 31.4. The maximum absolute atomic E-state index is 15.6. The Morgan fingerprint density at radius 1 is 0.816 bits per heavy atom. The Morgan fingerprint density at radius 3 is 1.96 bits per heavy atom. The van der Waals surface area contributed by atoms with Crippen molar-refractivity contribution < 1.29 is 18.3 Å². The van der Waals surface area contributed by atoms with E-state index in [1.54, 1.807) is 0 Å². The summed E-state index contributed by atoms with van der Waals surface area (Å²) in [6.45, 7) is 0. The molecule has 1 unspecified atom stereocenters. The highest BCUT2D eigenvalue weighted by Crippen LogP contribution is 2.50. The highest BCUT2D eigenvalue weighted by Gasteiger charge is 2.48. The van der Waals surface area contributed by atoms with Crippen molar-refractivity contribution in [2.24, 2.45) is 23.7 Å². The first-order chi connectivity index (χ1) is 24.0. The number of rotatable bonds is 8. The van der Waals surface area contributed by atoms with Gasteiger partial charge in [0.05, 0.1) is 36.5 Å². The average Bonchev–Trinajstić information content (AvgIpc) is 3.53. The fraction of sp³-hybridized carbons (Fsp3) is 0.275. The van der Waals surface area contributed by atoms with Crippen LogP contribution in [0.2, 0.25) is 0 Å². The van der Waals surface area contributed by atoms with Crippen LogP contribution in [-0.2, 0) is 21.5 Å². The van der Waals surface area contributed by atoms with Gasteiger partial charge in [-0.05, 0) is 72.6 Å². The highest BCUT2D eigenvalue weighted by molar-refractivity contribution is 5.90. The minimum Gasteiger partial charge on any atom is -0.469 e. The molecule has 0 radical (unpaired) electrons. The molecular formula is C40H35F2N5O2. The van der Waals surface area contributed by atoms with Crippen molar-refractivity contribution in [1.29, 1.82) is 0 Å². The van der Waals surface area contributed by atoms with Gasteiger partial charge in [0.15, 0.2) is 17.3 Å². The fourth-order valence-electron chi connectivity index (χ4n) is 8.54. The van der Waals surface area contributed by atoms with Gasteiger partial charge in [-0.15, -0.1) is 0 Å². The summed E-state index contributed by atoms with van der Waals surface area (Å²) in [5.41, 5.74) is 2.61. The molecule has 6 aromatic rings. The minimum atomic E-state index is -1.04. The number of methoxy groups -OCH3 is 1. The van der Waals surface area contributed by atoms with E-state index in [2.05, 4.69) is 9.97 Å². The van der Waals surface area contributed by atoms with Crippen molar-refractivity contribution in [2.75, 3.05) is 7.11 Å². The lowest BCUT2D eigenvalue weighted by atomic mass is 9.57. The first-order valence-electron chi connectivity index (χ1n) is 16.8. The highest BCUT2D eigenvalue weighted by atomic mass is 19.1. The second-order valence-electron chi connectivity index (χ2n) is 13.2. The molecule has 3 aromatic heterocycles. The number of halogens is 2. The van der Waals surface area contributed by atoms with Crippen molar-refractivity contribution in [1.82, 2.24) is 24.7 Å². The Morgan fingerprint density at radius 2 is 1.39 bits per heavy atom. The molecule has 3 aliphatic rings. The Bertz CT molecular complexity index is 2020. The van der Waals surface area contributed by atoms with Gasteiger partial charge in [0.1, 0.15) is 17.1 Å². The summed E-state index contributed by atoms with van der Waals surface area (Å²) in [5, 5.41) is 5.58. The minimum absolute atomic E-state index is 0.0903. The third-order valence-corrected chi connectivity index (χ3v) is 10.7. The molecule has 9 rings (SSSR count). The predicted molar refractivity (Wildman–Crippen MR) is 181 cm³/mol. The Kier molecular flexibility index (Phi) is 7.98. The Hall–Kier alpha value is -5.31. The summed E-state index contributed by atoms with van der Waals surface area (Å²) < 4.78 is 37.7. The molecule has 0 aliphatic heterocycles. The normalized spacial score (nSPS) is 20.4. The van der Waals surface area contributed by atoms with Gasteiger partial charge in [-0.3, -0.25) is 4.79 Å². The molecular weight excluding hydrogens is 620 g/mol. The summed E-state index contributed by atoms with van der Waals surface area (Å²) in [4.78, 5) is 26.7. The molecule has 246 valence electrons. The Balaban J connectivity index is 1.33. The number of carbonyl (C=O) groups excluding carboxylic acids is 1. The van der Waals surface area contributed by atoms with E-state index in [0.29, 0.717) is 11.0 Å². The number of benzene rings is 3. The number of hydrogen-bond donors (Lipinski definition) is 0. The molecule has 3 heterocycles. The number of aromatic nitrogens is 5. The van der Waals surface area contributed by atoms with Crippen LogP contribution in [0, 0.1) is 35.3 Å². The molecule has 3 saturated carbocycles. The molecule has 2 atom stereocenters. The zero-order valence-electron chi connectivity index (χ0n) is 27.0. The summed E-state index contributed by atoms with van der Waals surface area (Å²) in [5.74, 6) is -1.04. The van der Waals surface area contributed by atoms with Crippen molar-refractivity contribution >= 4 is 17.0 Å². The molecule has 3 aliphatic carbocycles. The molecule has 7 nitrogen and oxygen atoms in total. The van der Waals surface area contributed by atoms with Gasteiger partial charge in [-0.2, -0.15) is 5.10 Å². The topological polar surface area (TPSA) is 82.8 Å². The van der Waals surface area contributed by atoms with Crippen molar-refractivity contribution in [3.8, 4) is 11.5 Å². The first-order valence-corrected chi connectivity index (χ1v) is 16.8. The number of pyridine rings is 1. The lowest BCUT2D eigenvalue weighted by molar-refractivity contribution is -0.156. The second kappa shape index (κ2) is 12.6. The monoisotopic (exact) mass is 655 g/mol. The van der Waals surface area contributed by atoms with Crippen molar-refractivity contribution in [3.05, 3.63) is 143 Å². The zero-order valence-corrected chi connectivity index (χ0v) is 27.0. The molecule has 49 heavy (non-hydrogen) atoms. The fourth-order valence-corrected chi connectivity index (χ4v) is 8.54. The maximum Gasteiger partial charge on any atom is 0.309 e. The molecule has 3 fully saturated rings. The van der Waals surface area contributed by atoms with E-state index in [0.717, 1.165) is 48.6 Å². The maximum atomic E-state index is 15.6. The third-order valence-electron chi connectivity index (χ3n) is 10.7. The zero-order chi connectivity index (χ0) is 33.5. The largest absolute Gasteiger partial charge is 0.469 e. The second-order valence-corrected chi connectivity index (χ2v) is 13.2. The summed E-state index contributed by atoms with van der Waals surface area (Å²) >= 11 is 0. The van der Waals surface area contributed by atoms with Crippen LogP contribution in [0.25, 0.3) is 22.6 Å². The third kappa shape index (κ3) is 5.19. The first kappa shape index (κ1) is 31.0. The molecule has 9 heteroatoms. The van der Waals surface area contributed by atoms with E-state index in [9.17, 15) is 4.79 Å². The van der Waals surface area contributed by atoms with Crippen LogP contribution >= 0.6 is 0 Å². The Labute approximate surface area is 283 Å². The average molecular weight is 656 g/mol. The molecule has 0 spiro atoms. The van der Waals surface area contributed by atoms with Crippen molar-refractivity contribution in [2.45, 2.75) is 37.6 Å². The quantitative estimate of drug-likeness (QED) is 0.123. The number of nitrogens with zero attached hydrogens (tertiary/aromatic N) is 5. The van der Waals surface area contributed by atoms with E-state index in [4.69, 9.17) is 14.8 Å². The SMILES string of the molecule is COC(=O)[C@H]1C2CCC(CC2)C1Cc1nc(-c2nn(C(c3ccccc3)(c3ccccc3)c3ccccc3)c3ncc(F)cc23)ncc1F. The van der Waals surface area contributed by atoms with Gasteiger partial charge < -0.3 is 4.74 Å². The molecule has 0 amide bonds. The van der Waals surface area contributed by atoms with E-state index >= 15 is 8.78 Å². The summed E-state index contributed by atoms with van der Waals surface area (Å²) in [6.07, 6.45) is 6.57. The van der Waals surface area contributed by atoms with E-state index in [-0.39, 0.29) is 53.3 Å². The van der Waals surface area contributed by atoms with Gasteiger partial charge >= 0.3 is 5.97 Å². The number of ether oxygens (including phenoxy) is 1. The van der Waals surface area contributed by atoms with Crippen molar-refractivity contribution in [3.63, 3.8) is 0 Å².